The molecule has 3 N–H and O–H groups in total. The van der Waals surface area contributed by atoms with Gasteiger partial charge in [0.2, 0.25) is 0 Å². The molecule has 0 unspecified atom stereocenters. The van der Waals surface area contributed by atoms with E-state index in [1.54, 1.807) is 36.4 Å². The highest BCUT2D eigenvalue weighted by molar-refractivity contribution is 6.08. The second kappa shape index (κ2) is 7.75. The first-order chi connectivity index (χ1) is 11.4. The summed E-state index contributed by atoms with van der Waals surface area (Å²) in [4.78, 5) is 24.1. The summed E-state index contributed by atoms with van der Waals surface area (Å²) in [5.74, 6) is 0.236. The van der Waals surface area contributed by atoms with Crippen LogP contribution in [-0.4, -0.2) is 30.4 Å². The minimum Gasteiger partial charge on any atom is -0.484 e. The van der Waals surface area contributed by atoms with Gasteiger partial charge in [0.25, 0.3) is 5.91 Å². The van der Waals surface area contributed by atoms with Crippen LogP contribution in [0.25, 0.3) is 0 Å². The van der Waals surface area contributed by atoms with Gasteiger partial charge in [-0.3, -0.25) is 9.59 Å². The normalized spacial score (nSPS) is 11.0. The van der Waals surface area contributed by atoms with Crippen molar-refractivity contribution in [3.05, 3.63) is 65.7 Å². The number of carbonyl (C=O) groups is 2. The third kappa shape index (κ3) is 4.93. The molecule has 0 radical (unpaired) electrons. The van der Waals surface area contributed by atoms with Gasteiger partial charge in [-0.15, -0.1) is 0 Å². The fourth-order valence-corrected chi connectivity index (χ4v) is 2.07. The van der Waals surface area contributed by atoms with E-state index in [4.69, 9.17) is 10.5 Å². The summed E-state index contributed by atoms with van der Waals surface area (Å²) in [7, 11) is 0. The largest absolute Gasteiger partial charge is 0.484 e. The van der Waals surface area contributed by atoms with Crippen molar-refractivity contribution in [2.24, 2.45) is 5.73 Å². The number of ether oxygens (including phenoxy) is 1. The Kier molecular flexibility index (Phi) is 5.71. The first-order valence-electron chi connectivity index (χ1n) is 7.75. The van der Waals surface area contributed by atoms with Gasteiger partial charge in [0.05, 0.1) is 0 Å². The van der Waals surface area contributed by atoms with Crippen LogP contribution in [0, 0.1) is 0 Å². The van der Waals surface area contributed by atoms with Crippen molar-refractivity contribution >= 4 is 11.7 Å². The van der Waals surface area contributed by atoms with Crippen molar-refractivity contribution in [1.82, 2.24) is 5.32 Å². The van der Waals surface area contributed by atoms with E-state index in [-0.39, 0.29) is 18.3 Å². The van der Waals surface area contributed by atoms with Crippen molar-refractivity contribution < 1.29 is 14.3 Å². The summed E-state index contributed by atoms with van der Waals surface area (Å²) in [6.07, 6.45) is 0. The molecular formula is C19H22N2O3. The summed E-state index contributed by atoms with van der Waals surface area (Å²) < 4.78 is 5.43. The molecule has 0 atom stereocenters. The molecule has 0 aromatic heterocycles. The minimum atomic E-state index is -0.466. The maximum absolute atomic E-state index is 12.3. The summed E-state index contributed by atoms with van der Waals surface area (Å²) in [5.41, 5.74) is 6.31. The average Bonchev–Trinajstić information content (AvgIpc) is 2.60. The van der Waals surface area contributed by atoms with E-state index in [0.29, 0.717) is 23.4 Å². The number of carbonyl (C=O) groups excluding carboxylic acids is 2. The zero-order chi connectivity index (χ0) is 17.6. The Morgan fingerprint density at radius 2 is 1.58 bits per heavy atom. The Morgan fingerprint density at radius 1 is 1.00 bits per heavy atom. The number of rotatable bonds is 7. The van der Waals surface area contributed by atoms with E-state index in [1.807, 2.05) is 32.0 Å². The van der Waals surface area contributed by atoms with Crippen LogP contribution in [0.15, 0.2) is 54.6 Å². The molecule has 0 saturated carbocycles. The van der Waals surface area contributed by atoms with Gasteiger partial charge in [-0.1, -0.05) is 30.3 Å². The molecule has 2 aromatic rings. The minimum absolute atomic E-state index is 0.0513. The lowest BCUT2D eigenvalue weighted by atomic mass is 10.0. The van der Waals surface area contributed by atoms with E-state index in [2.05, 4.69) is 5.32 Å². The van der Waals surface area contributed by atoms with Crippen LogP contribution < -0.4 is 15.8 Å². The van der Waals surface area contributed by atoms with Gasteiger partial charge in [-0.05, 0) is 38.1 Å². The SMILES string of the molecule is CC(C)(CN)NC(=O)COc1ccc(C(=O)c2ccccc2)cc1. The molecule has 2 rings (SSSR count). The number of hydrogen-bond acceptors (Lipinski definition) is 4. The van der Waals surface area contributed by atoms with Crippen molar-refractivity contribution in [1.29, 1.82) is 0 Å². The van der Waals surface area contributed by atoms with Gasteiger partial charge >= 0.3 is 0 Å². The number of benzene rings is 2. The number of nitrogens with two attached hydrogens (primary N) is 1. The summed E-state index contributed by atoms with van der Waals surface area (Å²) in [5, 5.41) is 2.78. The third-order valence-electron chi connectivity index (χ3n) is 3.51. The van der Waals surface area contributed by atoms with E-state index in [1.165, 1.54) is 0 Å². The quantitative estimate of drug-likeness (QED) is 0.764. The van der Waals surface area contributed by atoms with Crippen LogP contribution in [-0.2, 0) is 4.79 Å². The molecule has 0 heterocycles. The number of nitrogens with one attached hydrogen (secondary N) is 1. The summed E-state index contributed by atoms with van der Waals surface area (Å²) >= 11 is 0. The van der Waals surface area contributed by atoms with Gasteiger partial charge in [-0.25, -0.2) is 0 Å². The Balaban J connectivity index is 1.93. The molecular weight excluding hydrogens is 304 g/mol. The molecule has 5 nitrogen and oxygen atoms in total. The molecule has 126 valence electrons. The topological polar surface area (TPSA) is 81.4 Å². The lowest BCUT2D eigenvalue weighted by Gasteiger charge is -2.24. The third-order valence-corrected chi connectivity index (χ3v) is 3.51. The molecule has 0 aliphatic heterocycles. The molecule has 2 aromatic carbocycles. The van der Waals surface area contributed by atoms with Crippen molar-refractivity contribution in [3.8, 4) is 5.75 Å². The molecule has 0 spiro atoms. The maximum atomic E-state index is 12.3. The van der Waals surface area contributed by atoms with E-state index >= 15 is 0 Å². The fraction of sp³-hybridized carbons (Fsp3) is 0.263. The predicted octanol–water partition coefficient (Wildman–Crippen LogP) is 2.15. The van der Waals surface area contributed by atoms with Crippen LogP contribution in [0.3, 0.4) is 0 Å². The van der Waals surface area contributed by atoms with Gasteiger partial charge in [-0.2, -0.15) is 0 Å². The monoisotopic (exact) mass is 326 g/mol. The van der Waals surface area contributed by atoms with Gasteiger partial charge < -0.3 is 15.8 Å². The van der Waals surface area contributed by atoms with E-state index < -0.39 is 5.54 Å². The Hall–Kier alpha value is -2.66. The zero-order valence-electron chi connectivity index (χ0n) is 13.9. The first kappa shape index (κ1) is 17.7. The molecule has 0 saturated heterocycles. The lowest BCUT2D eigenvalue weighted by molar-refractivity contribution is -0.124. The van der Waals surface area contributed by atoms with Crippen LogP contribution in [0.1, 0.15) is 29.8 Å². The highest BCUT2D eigenvalue weighted by Crippen LogP contribution is 2.15. The van der Waals surface area contributed by atoms with Gasteiger partial charge in [0.1, 0.15) is 5.75 Å². The highest BCUT2D eigenvalue weighted by atomic mass is 16.5. The van der Waals surface area contributed by atoms with Gasteiger partial charge in [0, 0.05) is 23.2 Å². The van der Waals surface area contributed by atoms with Crippen molar-refractivity contribution in [2.75, 3.05) is 13.2 Å². The Morgan fingerprint density at radius 3 is 2.17 bits per heavy atom. The Bertz CT molecular complexity index is 694. The average molecular weight is 326 g/mol. The van der Waals surface area contributed by atoms with Crippen LogP contribution >= 0.6 is 0 Å². The number of hydrogen-bond donors (Lipinski definition) is 2. The molecule has 0 aliphatic rings. The Labute approximate surface area is 141 Å². The molecule has 0 aliphatic carbocycles. The second-order valence-electron chi connectivity index (χ2n) is 6.14. The fourth-order valence-electron chi connectivity index (χ4n) is 2.07. The van der Waals surface area contributed by atoms with Crippen LogP contribution in [0.5, 0.6) is 5.75 Å². The molecule has 0 fully saturated rings. The predicted molar refractivity (Wildman–Crippen MR) is 93.1 cm³/mol. The second-order valence-corrected chi connectivity index (χ2v) is 6.14. The van der Waals surface area contributed by atoms with Crippen molar-refractivity contribution in [2.45, 2.75) is 19.4 Å². The standard InChI is InChI=1S/C19H22N2O3/c1-19(2,13-20)21-17(22)12-24-16-10-8-15(9-11-16)18(23)14-6-4-3-5-7-14/h3-11H,12-13,20H2,1-2H3,(H,21,22). The number of ketones is 1. The van der Waals surface area contributed by atoms with Crippen LogP contribution in [0.4, 0.5) is 0 Å². The van der Waals surface area contributed by atoms with Gasteiger partial charge in [0.15, 0.2) is 12.4 Å². The molecule has 5 heteroatoms. The molecule has 1 amide bonds. The smallest absolute Gasteiger partial charge is 0.258 e. The van der Waals surface area contributed by atoms with E-state index in [0.717, 1.165) is 0 Å². The van der Waals surface area contributed by atoms with Crippen LogP contribution in [0.2, 0.25) is 0 Å². The van der Waals surface area contributed by atoms with Crippen molar-refractivity contribution in [3.63, 3.8) is 0 Å². The maximum Gasteiger partial charge on any atom is 0.258 e. The van der Waals surface area contributed by atoms with E-state index in [9.17, 15) is 9.59 Å². The summed E-state index contributed by atoms with van der Waals surface area (Å²) in [6, 6.07) is 15.8. The molecule has 24 heavy (non-hydrogen) atoms. The zero-order valence-corrected chi connectivity index (χ0v) is 13.9. The highest BCUT2D eigenvalue weighted by Gasteiger charge is 2.18. The summed E-state index contributed by atoms with van der Waals surface area (Å²) in [6.45, 7) is 3.92. The molecule has 0 bridgehead atoms. The number of amides is 1. The lowest BCUT2D eigenvalue weighted by Crippen LogP contribution is -2.50. The first-order valence-corrected chi connectivity index (χ1v) is 7.75.